The maximum atomic E-state index is 13.6. The zero-order valence-electron chi connectivity index (χ0n) is 22.9. The molecule has 0 radical (unpaired) electrons. The van der Waals surface area contributed by atoms with Crippen LogP contribution >= 0.6 is 0 Å². The molecule has 0 unspecified atom stereocenters. The minimum absolute atomic E-state index is 0.0954. The van der Waals surface area contributed by atoms with Gasteiger partial charge < -0.3 is 19.7 Å². The Labute approximate surface area is 222 Å². The first-order valence-corrected chi connectivity index (χ1v) is 13.5. The number of aromatic nitrogens is 1. The molecule has 1 fully saturated rings. The molecule has 200 valence electrons. The summed E-state index contributed by atoms with van der Waals surface area (Å²) in [7, 11) is 1.63. The van der Waals surface area contributed by atoms with Crippen molar-refractivity contribution in [1.82, 2.24) is 10.3 Å². The number of aryl methyl sites for hydroxylation is 2. The van der Waals surface area contributed by atoms with E-state index >= 15 is 0 Å². The molecule has 0 atom stereocenters. The van der Waals surface area contributed by atoms with Gasteiger partial charge >= 0.3 is 0 Å². The topological polar surface area (TPSA) is 63.7 Å². The quantitative estimate of drug-likeness (QED) is 0.253. The number of hydrogen-bond acceptors (Lipinski definition) is 5. The summed E-state index contributed by atoms with van der Waals surface area (Å²) in [4.78, 5) is 20.6. The van der Waals surface area contributed by atoms with Gasteiger partial charge in [-0.2, -0.15) is 0 Å². The van der Waals surface area contributed by atoms with Gasteiger partial charge in [0.05, 0.1) is 7.11 Å². The zero-order chi connectivity index (χ0) is 26.6. The summed E-state index contributed by atoms with van der Waals surface area (Å²) in [5.41, 5.74) is 5.85. The van der Waals surface area contributed by atoms with E-state index in [0.29, 0.717) is 30.5 Å². The number of amides is 1. The molecule has 6 nitrogen and oxygen atoms in total. The number of allylic oxidation sites excluding steroid dienone is 2. The van der Waals surface area contributed by atoms with Crippen molar-refractivity contribution in [2.24, 2.45) is 0 Å². The van der Waals surface area contributed by atoms with Crippen molar-refractivity contribution >= 4 is 11.6 Å². The summed E-state index contributed by atoms with van der Waals surface area (Å²) in [5.74, 6) is 0.484. The summed E-state index contributed by atoms with van der Waals surface area (Å²) >= 11 is 0. The van der Waals surface area contributed by atoms with Crippen molar-refractivity contribution in [2.45, 2.75) is 71.4 Å². The van der Waals surface area contributed by atoms with E-state index in [1.54, 1.807) is 7.11 Å². The minimum Gasteiger partial charge on any atom is -0.481 e. The number of rotatable bonds is 14. The van der Waals surface area contributed by atoms with Crippen LogP contribution in [0.3, 0.4) is 0 Å². The van der Waals surface area contributed by atoms with E-state index in [1.165, 1.54) is 5.56 Å². The number of carbonyl (C=O) groups excluding carboxylic acids is 1. The monoisotopic (exact) mass is 505 g/mol. The van der Waals surface area contributed by atoms with Gasteiger partial charge in [0.25, 0.3) is 5.91 Å². The molecular weight excluding hydrogens is 462 g/mol. The number of methoxy groups -OCH3 is 1. The van der Waals surface area contributed by atoms with Crippen molar-refractivity contribution in [3.63, 3.8) is 0 Å². The number of ether oxygens (including phenoxy) is 2. The second-order valence-corrected chi connectivity index (χ2v) is 9.55. The van der Waals surface area contributed by atoms with Crippen molar-refractivity contribution in [1.29, 1.82) is 0 Å². The Hall–Kier alpha value is -3.12. The van der Waals surface area contributed by atoms with Crippen LogP contribution in [-0.4, -0.2) is 43.8 Å². The summed E-state index contributed by atoms with van der Waals surface area (Å²) in [6.45, 7) is 14.7. The third-order valence-corrected chi connectivity index (χ3v) is 7.06. The molecule has 1 aliphatic heterocycles. The van der Waals surface area contributed by atoms with Gasteiger partial charge in [0.1, 0.15) is 0 Å². The first kappa shape index (κ1) is 28.5. The highest BCUT2D eigenvalue weighted by Gasteiger charge is 2.25. The molecule has 2 aromatic rings. The van der Waals surface area contributed by atoms with E-state index < -0.39 is 0 Å². The zero-order valence-corrected chi connectivity index (χ0v) is 22.9. The molecule has 3 rings (SSSR count). The van der Waals surface area contributed by atoms with Gasteiger partial charge in [0, 0.05) is 54.9 Å². The Bertz CT molecular complexity index is 1060. The van der Waals surface area contributed by atoms with Gasteiger partial charge in [-0.05, 0) is 88.1 Å². The molecule has 0 saturated carbocycles. The van der Waals surface area contributed by atoms with Crippen LogP contribution in [0, 0.1) is 6.92 Å². The molecule has 0 spiro atoms. The Morgan fingerprint density at radius 2 is 2.00 bits per heavy atom. The number of anilines is 1. The fraction of sp³-hybridized carbons (Fsp3) is 0.484. The van der Waals surface area contributed by atoms with Crippen LogP contribution < -0.4 is 15.0 Å². The lowest BCUT2D eigenvalue weighted by molar-refractivity contribution is 0.0845. The minimum atomic E-state index is -0.0954. The largest absolute Gasteiger partial charge is 0.481 e. The number of pyridine rings is 1. The van der Waals surface area contributed by atoms with Crippen LogP contribution in [0.25, 0.3) is 0 Å². The van der Waals surface area contributed by atoms with Crippen molar-refractivity contribution in [2.75, 3.05) is 31.8 Å². The lowest BCUT2D eigenvalue weighted by Gasteiger charge is -2.37. The summed E-state index contributed by atoms with van der Waals surface area (Å²) in [5, 5.41) is 3.17. The molecule has 1 saturated heterocycles. The predicted octanol–water partition coefficient (Wildman–Crippen LogP) is 5.96. The van der Waals surface area contributed by atoms with Gasteiger partial charge in [-0.1, -0.05) is 18.2 Å². The summed E-state index contributed by atoms with van der Waals surface area (Å²) < 4.78 is 11.2. The molecule has 6 heteroatoms. The molecule has 2 heterocycles. The average molecular weight is 506 g/mol. The molecule has 0 aliphatic carbocycles. The number of nitrogens with one attached hydrogen (secondary N) is 1. The molecule has 1 aromatic heterocycles. The molecule has 1 N–H and O–H groups in total. The first-order valence-electron chi connectivity index (χ1n) is 13.5. The lowest BCUT2D eigenvalue weighted by atomic mass is 9.97. The normalized spacial score (nSPS) is 13.7. The number of hydrogen-bond donors (Lipinski definition) is 1. The Kier molecular flexibility index (Phi) is 11.2. The van der Waals surface area contributed by atoms with Gasteiger partial charge in [0.15, 0.2) is 0 Å². The van der Waals surface area contributed by atoms with Crippen LogP contribution in [0.15, 0.2) is 49.6 Å². The third-order valence-electron chi connectivity index (χ3n) is 7.06. The van der Waals surface area contributed by atoms with Gasteiger partial charge in [-0.25, -0.2) is 4.98 Å². The van der Waals surface area contributed by atoms with E-state index in [9.17, 15) is 4.79 Å². The molecule has 0 bridgehead atoms. The lowest BCUT2D eigenvalue weighted by Crippen LogP contribution is -2.40. The van der Waals surface area contributed by atoms with Gasteiger partial charge in [-0.15, -0.1) is 13.2 Å². The van der Waals surface area contributed by atoms with Crippen LogP contribution in [0.4, 0.5) is 5.69 Å². The number of carbonyl (C=O) groups is 1. The second-order valence-electron chi connectivity index (χ2n) is 9.55. The highest BCUT2D eigenvalue weighted by molar-refractivity contribution is 5.97. The van der Waals surface area contributed by atoms with Crippen molar-refractivity contribution in [3.05, 3.63) is 77.5 Å². The summed E-state index contributed by atoms with van der Waals surface area (Å²) in [6.07, 6.45) is 10.5. The van der Waals surface area contributed by atoms with Crippen molar-refractivity contribution < 1.29 is 14.3 Å². The maximum Gasteiger partial charge on any atom is 0.251 e. The maximum absolute atomic E-state index is 13.6. The summed E-state index contributed by atoms with van der Waals surface area (Å²) in [6, 6.07) is 8.54. The molecule has 37 heavy (non-hydrogen) atoms. The Morgan fingerprint density at radius 1 is 1.22 bits per heavy atom. The predicted molar refractivity (Wildman–Crippen MR) is 152 cm³/mol. The van der Waals surface area contributed by atoms with Gasteiger partial charge in [-0.3, -0.25) is 4.79 Å². The number of nitrogens with zero attached hydrogens (tertiary/aromatic N) is 2. The first-order chi connectivity index (χ1) is 18.0. The molecule has 1 aliphatic rings. The molecule has 1 aromatic carbocycles. The van der Waals surface area contributed by atoms with E-state index in [0.717, 1.165) is 80.8 Å². The van der Waals surface area contributed by atoms with E-state index in [1.807, 2.05) is 31.2 Å². The van der Waals surface area contributed by atoms with Gasteiger partial charge in [0.2, 0.25) is 5.88 Å². The highest BCUT2D eigenvalue weighted by Crippen LogP contribution is 2.30. The van der Waals surface area contributed by atoms with Crippen molar-refractivity contribution in [3.8, 4) is 5.88 Å². The smallest absolute Gasteiger partial charge is 0.251 e. The molecular formula is C31H43N3O3. The number of benzene rings is 1. The number of unbranched alkanes of at least 4 members (excludes halogenated alkanes) is 2. The van der Waals surface area contributed by atoms with Crippen LogP contribution in [0.1, 0.15) is 71.8 Å². The van der Waals surface area contributed by atoms with E-state index in [-0.39, 0.29) is 5.91 Å². The van der Waals surface area contributed by atoms with E-state index in [4.69, 9.17) is 9.47 Å². The molecule has 1 amide bonds. The standard InChI is InChI=1S/C31H43N3O3/c1-6-9-10-11-14-24-21-23(4)33-31(36-5)28(24)22-32-30(35)27-15-12-16-29(26(27)13-7-2)34(8-3)25-17-19-37-20-18-25/h6-7,12,15-16,21,25H,1-2,8-11,13-14,17-20,22H2,3-5H3,(H,32,35). The fourth-order valence-corrected chi connectivity index (χ4v) is 5.22. The average Bonchev–Trinajstić information content (AvgIpc) is 2.92. The van der Waals surface area contributed by atoms with Crippen LogP contribution in [-0.2, 0) is 24.1 Å². The third kappa shape index (κ3) is 7.45. The van der Waals surface area contributed by atoms with Crippen LogP contribution in [0.5, 0.6) is 5.88 Å². The fourth-order valence-electron chi connectivity index (χ4n) is 5.22. The Morgan fingerprint density at radius 3 is 2.68 bits per heavy atom. The van der Waals surface area contributed by atoms with E-state index in [2.05, 4.69) is 47.4 Å². The highest BCUT2D eigenvalue weighted by atomic mass is 16.5. The Balaban J connectivity index is 1.86. The van der Waals surface area contributed by atoms with Crippen LogP contribution in [0.2, 0.25) is 0 Å². The second kappa shape index (κ2) is 14.6. The SMILES string of the molecule is C=CCCCCc1cc(C)nc(OC)c1CNC(=O)c1cccc(N(CC)C2CCOCC2)c1CC=C.